The van der Waals surface area contributed by atoms with E-state index in [4.69, 9.17) is 16.3 Å². The molecule has 0 aliphatic heterocycles. The Balaban J connectivity index is 2.93. The molecule has 0 radical (unpaired) electrons. The van der Waals surface area contributed by atoms with Gasteiger partial charge in [0, 0.05) is 0 Å². The Morgan fingerprint density at radius 1 is 1.50 bits per heavy atom. The molecule has 0 spiro atoms. The molecule has 1 atom stereocenters. The third-order valence-corrected chi connectivity index (χ3v) is 2.21. The largest absolute Gasteiger partial charge is 0.465 e. The molecule has 0 fully saturated rings. The van der Waals surface area contributed by atoms with Crippen molar-refractivity contribution in [3.63, 3.8) is 0 Å². The van der Waals surface area contributed by atoms with Crippen LogP contribution < -0.4 is 11.6 Å². The molecule has 16 heavy (non-hydrogen) atoms. The van der Waals surface area contributed by atoms with Gasteiger partial charge in [0.15, 0.2) is 5.82 Å². The fourth-order valence-electron chi connectivity index (χ4n) is 1.44. The molecule has 90 valence electrons. The Morgan fingerprint density at radius 3 is 2.62 bits per heavy atom. The highest BCUT2D eigenvalue weighted by atomic mass is 16.5. The standard InChI is InChI=1S/C9H17N5O2/c1-3-5-6(8(15)16-4-2)7-12-13-9(10)14(7)11/h6H,3-5,11H2,1-2H3,(H2,10,13). The van der Waals surface area contributed by atoms with E-state index in [1.54, 1.807) is 6.92 Å². The van der Waals surface area contributed by atoms with Gasteiger partial charge in [-0.25, -0.2) is 4.68 Å². The van der Waals surface area contributed by atoms with E-state index < -0.39 is 5.92 Å². The Hall–Kier alpha value is -1.79. The summed E-state index contributed by atoms with van der Waals surface area (Å²) in [5.41, 5.74) is 5.46. The Labute approximate surface area is 93.7 Å². The van der Waals surface area contributed by atoms with Gasteiger partial charge in [0.05, 0.1) is 6.61 Å². The first-order valence-electron chi connectivity index (χ1n) is 5.24. The van der Waals surface area contributed by atoms with Crippen LogP contribution in [0.5, 0.6) is 0 Å². The highest BCUT2D eigenvalue weighted by Crippen LogP contribution is 2.21. The molecule has 1 aromatic rings. The summed E-state index contributed by atoms with van der Waals surface area (Å²) in [7, 11) is 0. The molecular weight excluding hydrogens is 210 g/mol. The van der Waals surface area contributed by atoms with Gasteiger partial charge in [-0.05, 0) is 13.3 Å². The number of anilines is 1. The van der Waals surface area contributed by atoms with Gasteiger partial charge in [0.2, 0.25) is 5.95 Å². The maximum Gasteiger partial charge on any atom is 0.316 e. The number of rotatable bonds is 5. The van der Waals surface area contributed by atoms with E-state index in [0.29, 0.717) is 18.9 Å². The first-order valence-corrected chi connectivity index (χ1v) is 5.24. The lowest BCUT2D eigenvalue weighted by Gasteiger charge is -2.13. The van der Waals surface area contributed by atoms with Crippen LogP contribution >= 0.6 is 0 Å². The molecule has 1 unspecified atom stereocenters. The molecule has 1 heterocycles. The second kappa shape index (κ2) is 5.34. The summed E-state index contributed by atoms with van der Waals surface area (Å²) in [5, 5.41) is 7.42. The number of nitrogen functional groups attached to an aromatic ring is 2. The van der Waals surface area contributed by atoms with Crippen LogP contribution in [0.3, 0.4) is 0 Å². The molecule has 0 bridgehead atoms. The van der Waals surface area contributed by atoms with Crippen molar-refractivity contribution in [1.29, 1.82) is 0 Å². The highest BCUT2D eigenvalue weighted by molar-refractivity contribution is 5.77. The molecule has 1 aromatic heterocycles. The van der Waals surface area contributed by atoms with Gasteiger partial charge in [0.25, 0.3) is 0 Å². The minimum absolute atomic E-state index is 0.0837. The second-order valence-electron chi connectivity index (χ2n) is 3.38. The van der Waals surface area contributed by atoms with E-state index >= 15 is 0 Å². The van der Waals surface area contributed by atoms with E-state index in [2.05, 4.69) is 10.2 Å². The number of ether oxygens (including phenoxy) is 1. The number of carbonyl (C=O) groups is 1. The minimum atomic E-state index is -0.500. The number of nitrogens with two attached hydrogens (primary N) is 2. The summed E-state index contributed by atoms with van der Waals surface area (Å²) in [6.07, 6.45) is 1.42. The van der Waals surface area contributed by atoms with E-state index in [-0.39, 0.29) is 11.9 Å². The third kappa shape index (κ3) is 2.41. The summed E-state index contributed by atoms with van der Waals surface area (Å²) in [6, 6.07) is 0. The van der Waals surface area contributed by atoms with Crippen molar-refractivity contribution in [3.05, 3.63) is 5.82 Å². The van der Waals surface area contributed by atoms with Crippen molar-refractivity contribution < 1.29 is 9.53 Å². The van der Waals surface area contributed by atoms with Gasteiger partial charge in [-0.1, -0.05) is 13.3 Å². The van der Waals surface area contributed by atoms with Crippen LogP contribution in [0.25, 0.3) is 0 Å². The average Bonchev–Trinajstić information content (AvgIpc) is 2.57. The molecule has 0 amide bonds. The van der Waals surface area contributed by atoms with Crippen molar-refractivity contribution in [2.24, 2.45) is 0 Å². The lowest BCUT2D eigenvalue weighted by atomic mass is 10.0. The summed E-state index contributed by atoms with van der Waals surface area (Å²) in [5.74, 6) is 5.21. The molecule has 7 heteroatoms. The highest BCUT2D eigenvalue weighted by Gasteiger charge is 2.27. The van der Waals surface area contributed by atoms with Crippen LogP contribution in [-0.4, -0.2) is 27.4 Å². The lowest BCUT2D eigenvalue weighted by molar-refractivity contribution is -0.145. The van der Waals surface area contributed by atoms with E-state index in [0.717, 1.165) is 11.1 Å². The Bertz CT molecular complexity index is 363. The average molecular weight is 227 g/mol. The van der Waals surface area contributed by atoms with E-state index in [1.807, 2.05) is 6.92 Å². The number of hydrogen-bond acceptors (Lipinski definition) is 6. The number of carbonyl (C=O) groups excluding carboxylic acids is 1. The van der Waals surface area contributed by atoms with Gasteiger partial charge >= 0.3 is 5.97 Å². The first kappa shape index (κ1) is 12.3. The molecule has 4 N–H and O–H groups in total. The predicted octanol–water partition coefficient (Wildman–Crippen LogP) is 0.0209. The van der Waals surface area contributed by atoms with Crippen molar-refractivity contribution in [3.8, 4) is 0 Å². The molecular formula is C9H17N5O2. The topological polar surface area (TPSA) is 109 Å². The van der Waals surface area contributed by atoms with Gasteiger partial charge < -0.3 is 16.3 Å². The smallest absolute Gasteiger partial charge is 0.316 e. The molecule has 7 nitrogen and oxygen atoms in total. The van der Waals surface area contributed by atoms with Gasteiger partial charge in [-0.2, -0.15) is 0 Å². The molecule has 1 rings (SSSR count). The van der Waals surface area contributed by atoms with Gasteiger partial charge in [0.1, 0.15) is 5.92 Å². The van der Waals surface area contributed by atoms with Crippen molar-refractivity contribution in [2.45, 2.75) is 32.6 Å². The molecule has 0 saturated carbocycles. The summed E-state index contributed by atoms with van der Waals surface area (Å²) in [6.45, 7) is 4.04. The number of nitrogens with zero attached hydrogens (tertiary/aromatic N) is 3. The first-order chi connectivity index (χ1) is 7.61. The van der Waals surface area contributed by atoms with Gasteiger partial charge in [-0.3, -0.25) is 4.79 Å². The summed E-state index contributed by atoms with van der Waals surface area (Å²) in [4.78, 5) is 11.7. The van der Waals surface area contributed by atoms with E-state index in [1.165, 1.54) is 0 Å². The minimum Gasteiger partial charge on any atom is -0.465 e. The SMILES string of the molecule is CCCC(C(=O)OCC)c1nnc(N)n1N. The molecule has 0 saturated heterocycles. The fraction of sp³-hybridized carbons (Fsp3) is 0.667. The Morgan fingerprint density at radius 2 is 2.19 bits per heavy atom. The molecule has 0 aromatic carbocycles. The third-order valence-electron chi connectivity index (χ3n) is 2.21. The zero-order valence-corrected chi connectivity index (χ0v) is 9.51. The van der Waals surface area contributed by atoms with Crippen molar-refractivity contribution in [1.82, 2.24) is 14.9 Å². The predicted molar refractivity (Wildman–Crippen MR) is 58.9 cm³/mol. The van der Waals surface area contributed by atoms with Crippen LogP contribution in [0.4, 0.5) is 5.95 Å². The van der Waals surface area contributed by atoms with Gasteiger partial charge in [-0.15, -0.1) is 10.2 Å². The normalized spacial score (nSPS) is 12.4. The van der Waals surface area contributed by atoms with Crippen molar-refractivity contribution in [2.75, 3.05) is 18.2 Å². The zero-order valence-electron chi connectivity index (χ0n) is 9.51. The maximum atomic E-state index is 11.7. The molecule has 0 aliphatic carbocycles. The fourth-order valence-corrected chi connectivity index (χ4v) is 1.44. The second-order valence-corrected chi connectivity index (χ2v) is 3.38. The van der Waals surface area contributed by atoms with Crippen LogP contribution in [0.15, 0.2) is 0 Å². The van der Waals surface area contributed by atoms with Crippen LogP contribution in [0.2, 0.25) is 0 Å². The number of hydrogen-bond donors (Lipinski definition) is 2. The van der Waals surface area contributed by atoms with Crippen LogP contribution in [-0.2, 0) is 9.53 Å². The van der Waals surface area contributed by atoms with Crippen LogP contribution in [0.1, 0.15) is 38.4 Å². The quantitative estimate of drug-likeness (QED) is 0.542. The van der Waals surface area contributed by atoms with Crippen molar-refractivity contribution >= 4 is 11.9 Å². The monoisotopic (exact) mass is 227 g/mol. The summed E-state index contributed by atoms with van der Waals surface area (Å²) < 4.78 is 6.08. The molecule has 0 aliphatic rings. The number of aromatic nitrogens is 3. The summed E-state index contributed by atoms with van der Waals surface area (Å²) >= 11 is 0. The van der Waals surface area contributed by atoms with Crippen LogP contribution in [0, 0.1) is 0 Å². The Kier molecular flexibility index (Phi) is 4.10. The van der Waals surface area contributed by atoms with E-state index in [9.17, 15) is 4.79 Å². The lowest BCUT2D eigenvalue weighted by Crippen LogP contribution is -2.24. The zero-order chi connectivity index (χ0) is 12.1. The maximum absolute atomic E-state index is 11.7. The number of esters is 1.